The summed E-state index contributed by atoms with van der Waals surface area (Å²) in [5, 5.41) is 18.7. The summed E-state index contributed by atoms with van der Waals surface area (Å²) in [5.41, 5.74) is 2.52. The highest BCUT2D eigenvalue weighted by Crippen LogP contribution is 2.33. The molecule has 2 aromatic rings. The molecule has 0 saturated carbocycles. The molecular weight excluding hydrogens is 248 g/mol. The Morgan fingerprint density at radius 2 is 1.25 bits per heavy atom. The molecular formula is C18H22O2. The number of phenolic OH excluding ortho intramolecular Hbond substituents is 2. The normalized spacial score (nSPS) is 13.9. The first-order valence-corrected chi connectivity index (χ1v) is 7.18. The molecule has 0 spiro atoms. The van der Waals surface area contributed by atoms with Gasteiger partial charge in [-0.3, -0.25) is 0 Å². The van der Waals surface area contributed by atoms with Crippen molar-refractivity contribution in [2.24, 2.45) is 0 Å². The van der Waals surface area contributed by atoms with Gasteiger partial charge in [0.2, 0.25) is 0 Å². The zero-order valence-corrected chi connectivity index (χ0v) is 12.1. The van der Waals surface area contributed by atoms with Gasteiger partial charge < -0.3 is 10.2 Å². The van der Waals surface area contributed by atoms with E-state index in [-0.39, 0.29) is 0 Å². The van der Waals surface area contributed by atoms with E-state index >= 15 is 0 Å². The molecule has 0 bridgehead atoms. The molecule has 2 N–H and O–H groups in total. The number of phenols is 2. The lowest BCUT2D eigenvalue weighted by Gasteiger charge is -2.20. The highest BCUT2D eigenvalue weighted by molar-refractivity contribution is 5.30. The fourth-order valence-corrected chi connectivity index (χ4v) is 2.65. The maximum Gasteiger partial charge on any atom is 0.115 e. The van der Waals surface area contributed by atoms with Crippen molar-refractivity contribution in [2.75, 3.05) is 0 Å². The minimum Gasteiger partial charge on any atom is -0.508 e. The van der Waals surface area contributed by atoms with Crippen molar-refractivity contribution in [3.8, 4) is 11.5 Å². The summed E-state index contributed by atoms with van der Waals surface area (Å²) in [7, 11) is 0. The number of benzene rings is 2. The second-order valence-electron chi connectivity index (χ2n) is 5.42. The first-order chi connectivity index (χ1) is 9.60. The molecule has 2 atom stereocenters. The van der Waals surface area contributed by atoms with Crippen molar-refractivity contribution in [3.63, 3.8) is 0 Å². The Morgan fingerprint density at radius 1 is 0.800 bits per heavy atom. The Kier molecular flexibility index (Phi) is 4.67. The quantitative estimate of drug-likeness (QED) is 0.820. The molecule has 2 heteroatoms. The van der Waals surface area contributed by atoms with Crippen LogP contribution in [0.4, 0.5) is 0 Å². The average Bonchev–Trinajstić information content (AvgIpc) is 2.46. The average molecular weight is 270 g/mol. The summed E-state index contributed by atoms with van der Waals surface area (Å²) in [6, 6.07) is 15.0. The van der Waals surface area contributed by atoms with Gasteiger partial charge in [-0.1, -0.05) is 38.1 Å². The van der Waals surface area contributed by atoms with Gasteiger partial charge in [-0.2, -0.15) is 0 Å². The summed E-state index contributed by atoms with van der Waals surface area (Å²) in [5.74, 6) is 1.55. The van der Waals surface area contributed by atoms with Crippen LogP contribution in [0.3, 0.4) is 0 Å². The summed E-state index contributed by atoms with van der Waals surface area (Å²) in [6.07, 6.45) is 2.14. The summed E-state index contributed by atoms with van der Waals surface area (Å²) >= 11 is 0. The predicted octanol–water partition coefficient (Wildman–Crippen LogP) is 4.79. The van der Waals surface area contributed by atoms with Crippen molar-refractivity contribution < 1.29 is 10.2 Å². The van der Waals surface area contributed by atoms with E-state index in [1.807, 2.05) is 24.3 Å². The highest BCUT2D eigenvalue weighted by Gasteiger charge is 2.15. The zero-order chi connectivity index (χ0) is 14.5. The second-order valence-corrected chi connectivity index (χ2v) is 5.42. The molecule has 106 valence electrons. The third-order valence-corrected chi connectivity index (χ3v) is 3.96. The van der Waals surface area contributed by atoms with Crippen LogP contribution >= 0.6 is 0 Å². The lowest BCUT2D eigenvalue weighted by Crippen LogP contribution is -2.03. The third-order valence-electron chi connectivity index (χ3n) is 3.96. The fraction of sp³-hybridized carbons (Fsp3) is 0.333. The SMILES string of the molecule is CCC(CC(C)c1ccc(O)cc1)c1ccc(O)cc1. The molecule has 0 amide bonds. The highest BCUT2D eigenvalue weighted by atomic mass is 16.3. The molecule has 20 heavy (non-hydrogen) atoms. The van der Waals surface area contributed by atoms with Gasteiger partial charge in [0.05, 0.1) is 0 Å². The first kappa shape index (κ1) is 14.4. The lowest BCUT2D eigenvalue weighted by molar-refractivity contribution is 0.474. The van der Waals surface area contributed by atoms with E-state index < -0.39 is 0 Å². The van der Waals surface area contributed by atoms with Gasteiger partial charge in [-0.15, -0.1) is 0 Å². The molecule has 2 rings (SSSR count). The standard InChI is InChI=1S/C18H22O2/c1-3-14(16-6-10-18(20)11-7-16)12-13(2)15-4-8-17(19)9-5-15/h4-11,13-14,19-20H,3,12H2,1-2H3. The number of aromatic hydroxyl groups is 2. The van der Waals surface area contributed by atoms with E-state index in [0.717, 1.165) is 12.8 Å². The zero-order valence-electron chi connectivity index (χ0n) is 12.1. The minimum absolute atomic E-state index is 0.312. The molecule has 2 unspecified atom stereocenters. The fourth-order valence-electron chi connectivity index (χ4n) is 2.65. The molecule has 0 aliphatic rings. The van der Waals surface area contributed by atoms with Gasteiger partial charge in [0.25, 0.3) is 0 Å². The molecule has 0 aliphatic heterocycles. The molecule has 0 fully saturated rings. The Labute approximate surface area is 120 Å². The molecule has 2 nitrogen and oxygen atoms in total. The monoisotopic (exact) mass is 270 g/mol. The van der Waals surface area contributed by atoms with Gasteiger partial charge in [0.15, 0.2) is 0 Å². The third kappa shape index (κ3) is 3.53. The topological polar surface area (TPSA) is 40.5 Å². The van der Waals surface area contributed by atoms with Crippen molar-refractivity contribution in [1.29, 1.82) is 0 Å². The minimum atomic E-state index is 0.312. The van der Waals surface area contributed by atoms with E-state index in [4.69, 9.17) is 0 Å². The van der Waals surface area contributed by atoms with Crippen LogP contribution in [0.2, 0.25) is 0 Å². The smallest absolute Gasteiger partial charge is 0.115 e. The van der Waals surface area contributed by atoms with Crippen LogP contribution in [0, 0.1) is 0 Å². The van der Waals surface area contributed by atoms with Gasteiger partial charge >= 0.3 is 0 Å². The maximum absolute atomic E-state index is 9.37. The molecule has 0 radical (unpaired) electrons. The Morgan fingerprint density at radius 3 is 1.70 bits per heavy atom. The summed E-state index contributed by atoms with van der Waals surface area (Å²) in [4.78, 5) is 0. The Hall–Kier alpha value is -1.96. The van der Waals surface area contributed by atoms with Crippen LogP contribution in [0.25, 0.3) is 0 Å². The van der Waals surface area contributed by atoms with Crippen LogP contribution in [-0.2, 0) is 0 Å². The van der Waals surface area contributed by atoms with Crippen LogP contribution in [0.5, 0.6) is 11.5 Å². The van der Waals surface area contributed by atoms with Crippen molar-refractivity contribution >= 4 is 0 Å². The van der Waals surface area contributed by atoms with E-state index in [2.05, 4.69) is 13.8 Å². The van der Waals surface area contributed by atoms with Gasteiger partial charge in [0, 0.05) is 0 Å². The molecule has 2 aromatic carbocycles. The van der Waals surface area contributed by atoms with Crippen molar-refractivity contribution in [3.05, 3.63) is 59.7 Å². The Bertz CT molecular complexity index is 528. The predicted molar refractivity (Wildman–Crippen MR) is 82.3 cm³/mol. The van der Waals surface area contributed by atoms with E-state index in [1.165, 1.54) is 11.1 Å². The molecule has 0 aromatic heterocycles. The molecule has 0 heterocycles. The van der Waals surface area contributed by atoms with Gasteiger partial charge in [-0.05, 0) is 60.1 Å². The van der Waals surface area contributed by atoms with Crippen LogP contribution in [0.15, 0.2) is 48.5 Å². The van der Waals surface area contributed by atoms with E-state index in [0.29, 0.717) is 23.3 Å². The largest absolute Gasteiger partial charge is 0.508 e. The number of hydrogen-bond donors (Lipinski definition) is 2. The maximum atomic E-state index is 9.37. The molecule has 0 saturated heterocycles. The van der Waals surface area contributed by atoms with Crippen LogP contribution in [-0.4, -0.2) is 10.2 Å². The van der Waals surface area contributed by atoms with Crippen molar-refractivity contribution in [2.45, 2.75) is 38.5 Å². The van der Waals surface area contributed by atoms with Gasteiger partial charge in [0.1, 0.15) is 11.5 Å². The van der Waals surface area contributed by atoms with E-state index in [1.54, 1.807) is 24.3 Å². The molecule has 0 aliphatic carbocycles. The van der Waals surface area contributed by atoms with E-state index in [9.17, 15) is 10.2 Å². The second kappa shape index (κ2) is 6.47. The van der Waals surface area contributed by atoms with Crippen LogP contribution < -0.4 is 0 Å². The summed E-state index contributed by atoms with van der Waals surface area (Å²) < 4.78 is 0. The Balaban J connectivity index is 2.09. The number of rotatable bonds is 5. The first-order valence-electron chi connectivity index (χ1n) is 7.18. The van der Waals surface area contributed by atoms with Crippen LogP contribution in [0.1, 0.15) is 49.7 Å². The number of hydrogen-bond acceptors (Lipinski definition) is 2. The lowest BCUT2D eigenvalue weighted by atomic mass is 9.84. The van der Waals surface area contributed by atoms with Gasteiger partial charge in [-0.25, -0.2) is 0 Å². The van der Waals surface area contributed by atoms with Crippen molar-refractivity contribution in [1.82, 2.24) is 0 Å². The summed E-state index contributed by atoms with van der Waals surface area (Å²) in [6.45, 7) is 4.41.